The molecule has 6 N–H and O–H groups in total. The number of aliphatic hydroxyl groups is 1. The van der Waals surface area contributed by atoms with Crippen molar-refractivity contribution >= 4 is 40.2 Å². The smallest absolute Gasteiger partial charge is 0.240 e. The average Bonchev–Trinajstić information content (AvgIpc) is 3.46. The van der Waals surface area contributed by atoms with Gasteiger partial charge in [-0.1, -0.05) is 36.9 Å². The third-order valence-corrected chi connectivity index (χ3v) is 8.77. The van der Waals surface area contributed by atoms with Gasteiger partial charge >= 0.3 is 0 Å². The van der Waals surface area contributed by atoms with Crippen molar-refractivity contribution < 1.29 is 19.5 Å². The number of aromatic amines is 1. The number of benzene rings is 1. The number of hydrogen-bond donors (Lipinski definition) is 5. The van der Waals surface area contributed by atoms with Crippen molar-refractivity contribution in [1.82, 2.24) is 20.5 Å². The number of nitrogens with zero attached hydrogens (tertiary/aromatic N) is 1. The highest BCUT2D eigenvalue weighted by molar-refractivity contribution is 6.31. The van der Waals surface area contributed by atoms with Crippen LogP contribution in [0.15, 0.2) is 24.3 Å². The summed E-state index contributed by atoms with van der Waals surface area (Å²) in [6.07, 6.45) is 6.63. The number of H-pyrrole nitrogens is 1. The Morgan fingerprint density at radius 3 is 2.73 bits per heavy atom. The standard InChI is InChI=1S/C27H36ClN5O4/c28-18-7-6-16-11-21(31-19(16)13-18)26(37)33-15-27(8-2-1-3-9-27)14-22(33)25(36)32-20(23(29)34)12-17-5-4-10-30-24(17)35/h6-7,11,13,17,20,22,26,31,37H,1-5,8-10,12,14-15H2,(H2,29,34)(H,30,35)(H,32,36)/t17-,20-,22?,26?/m0/s1. The summed E-state index contributed by atoms with van der Waals surface area (Å²) >= 11 is 6.14. The summed E-state index contributed by atoms with van der Waals surface area (Å²) in [7, 11) is 0. The molecule has 3 amide bonds. The van der Waals surface area contributed by atoms with Crippen molar-refractivity contribution in [2.75, 3.05) is 13.1 Å². The number of amides is 3. The van der Waals surface area contributed by atoms with E-state index in [1.54, 1.807) is 6.07 Å². The molecule has 1 saturated carbocycles. The van der Waals surface area contributed by atoms with E-state index in [0.29, 0.717) is 36.6 Å². The molecule has 1 spiro atoms. The third-order valence-electron chi connectivity index (χ3n) is 8.54. The van der Waals surface area contributed by atoms with Crippen molar-refractivity contribution in [2.45, 2.75) is 76.1 Å². The topological polar surface area (TPSA) is 141 Å². The fourth-order valence-corrected chi connectivity index (χ4v) is 6.72. The molecule has 200 valence electrons. The van der Waals surface area contributed by atoms with Crippen molar-refractivity contribution in [2.24, 2.45) is 17.1 Å². The summed E-state index contributed by atoms with van der Waals surface area (Å²) in [6, 6.07) is 5.81. The number of halogens is 1. The molecule has 1 aromatic heterocycles. The Kier molecular flexibility index (Phi) is 7.47. The summed E-state index contributed by atoms with van der Waals surface area (Å²) in [6.45, 7) is 1.22. The van der Waals surface area contributed by atoms with E-state index in [1.165, 1.54) is 6.42 Å². The second-order valence-corrected chi connectivity index (χ2v) is 11.5. The molecule has 2 saturated heterocycles. The minimum Gasteiger partial charge on any atom is -0.372 e. The molecule has 5 rings (SSSR count). The number of carbonyl (C=O) groups excluding carboxylic acids is 3. The first-order chi connectivity index (χ1) is 17.7. The number of carbonyl (C=O) groups is 3. The number of hydrogen-bond acceptors (Lipinski definition) is 5. The zero-order valence-electron chi connectivity index (χ0n) is 21.0. The van der Waals surface area contributed by atoms with Crippen LogP contribution in [-0.4, -0.2) is 57.9 Å². The maximum atomic E-state index is 13.7. The first-order valence-electron chi connectivity index (χ1n) is 13.3. The predicted octanol–water partition coefficient (Wildman–Crippen LogP) is 2.72. The van der Waals surface area contributed by atoms with Gasteiger partial charge in [0.1, 0.15) is 12.3 Å². The van der Waals surface area contributed by atoms with E-state index in [2.05, 4.69) is 15.6 Å². The van der Waals surface area contributed by atoms with Crippen LogP contribution in [0.4, 0.5) is 0 Å². The minimum atomic E-state index is -1.03. The molecule has 1 aliphatic carbocycles. The number of aliphatic hydroxyl groups excluding tert-OH is 1. The fourth-order valence-electron chi connectivity index (χ4n) is 6.55. The van der Waals surface area contributed by atoms with Gasteiger partial charge in [0.25, 0.3) is 0 Å². The molecule has 9 nitrogen and oxygen atoms in total. The summed E-state index contributed by atoms with van der Waals surface area (Å²) in [5.41, 5.74) is 7.01. The Morgan fingerprint density at radius 2 is 2.00 bits per heavy atom. The van der Waals surface area contributed by atoms with Crippen LogP contribution in [0.3, 0.4) is 0 Å². The van der Waals surface area contributed by atoms with Gasteiger partial charge in [0.2, 0.25) is 17.7 Å². The number of nitrogens with one attached hydrogen (secondary N) is 3. The van der Waals surface area contributed by atoms with Gasteiger partial charge in [-0.2, -0.15) is 0 Å². The first-order valence-corrected chi connectivity index (χ1v) is 13.7. The van der Waals surface area contributed by atoms with Crippen LogP contribution in [-0.2, 0) is 14.4 Å². The maximum Gasteiger partial charge on any atom is 0.240 e. The van der Waals surface area contributed by atoms with Crippen molar-refractivity contribution in [3.05, 3.63) is 35.0 Å². The highest BCUT2D eigenvalue weighted by Crippen LogP contribution is 2.48. The van der Waals surface area contributed by atoms with E-state index in [-0.39, 0.29) is 29.6 Å². The van der Waals surface area contributed by atoms with Crippen LogP contribution in [0.1, 0.15) is 69.7 Å². The zero-order valence-corrected chi connectivity index (χ0v) is 21.7. The van der Waals surface area contributed by atoms with E-state index in [4.69, 9.17) is 17.3 Å². The molecule has 2 aliphatic heterocycles. The van der Waals surface area contributed by atoms with Gasteiger partial charge in [-0.25, -0.2) is 0 Å². The molecular weight excluding hydrogens is 494 g/mol. The zero-order chi connectivity index (χ0) is 26.2. The number of rotatable bonds is 7. The first kappa shape index (κ1) is 26.0. The molecule has 2 aromatic rings. The average molecular weight is 530 g/mol. The summed E-state index contributed by atoms with van der Waals surface area (Å²) in [4.78, 5) is 43.3. The van der Waals surface area contributed by atoms with E-state index in [0.717, 1.165) is 43.0 Å². The van der Waals surface area contributed by atoms with Gasteiger partial charge in [-0.3, -0.25) is 19.3 Å². The van der Waals surface area contributed by atoms with E-state index >= 15 is 0 Å². The Hall–Kier alpha value is -2.62. The third kappa shape index (κ3) is 5.49. The minimum absolute atomic E-state index is 0.0535. The molecule has 3 fully saturated rings. The summed E-state index contributed by atoms with van der Waals surface area (Å²) in [5.74, 6) is -1.46. The number of aromatic nitrogens is 1. The van der Waals surface area contributed by atoms with Gasteiger partial charge in [0.15, 0.2) is 0 Å². The number of nitrogens with two attached hydrogens (primary N) is 1. The lowest BCUT2D eigenvalue weighted by Crippen LogP contribution is -2.53. The Bertz CT molecular complexity index is 1180. The summed E-state index contributed by atoms with van der Waals surface area (Å²) in [5, 5.41) is 18.7. The number of piperidine rings is 1. The molecule has 0 bridgehead atoms. The van der Waals surface area contributed by atoms with Crippen molar-refractivity contribution in [1.29, 1.82) is 0 Å². The highest BCUT2D eigenvalue weighted by atomic mass is 35.5. The van der Waals surface area contributed by atoms with E-state index < -0.39 is 24.2 Å². The maximum absolute atomic E-state index is 13.7. The summed E-state index contributed by atoms with van der Waals surface area (Å²) < 4.78 is 0. The fraction of sp³-hybridized carbons (Fsp3) is 0.593. The number of fused-ring (bicyclic) bond motifs is 1. The highest BCUT2D eigenvalue weighted by Gasteiger charge is 2.49. The van der Waals surface area contributed by atoms with Crippen LogP contribution < -0.4 is 16.4 Å². The van der Waals surface area contributed by atoms with Gasteiger partial charge in [0.05, 0.1) is 11.7 Å². The SMILES string of the molecule is NC(=O)[C@H](C[C@@H]1CCCNC1=O)NC(=O)C1CC2(CCCCC2)CN1C(O)c1cc2ccc(Cl)cc2[nH]1. The number of primary amides is 1. The van der Waals surface area contributed by atoms with Crippen LogP contribution in [0.5, 0.6) is 0 Å². The molecule has 10 heteroatoms. The van der Waals surface area contributed by atoms with Crippen LogP contribution in [0.2, 0.25) is 5.02 Å². The molecule has 4 atom stereocenters. The van der Waals surface area contributed by atoms with E-state index in [1.807, 2.05) is 23.1 Å². The van der Waals surface area contributed by atoms with Gasteiger partial charge in [0, 0.05) is 29.5 Å². The Balaban J connectivity index is 1.37. The monoisotopic (exact) mass is 529 g/mol. The molecule has 0 radical (unpaired) electrons. The Labute approximate surface area is 221 Å². The van der Waals surface area contributed by atoms with E-state index in [9.17, 15) is 19.5 Å². The predicted molar refractivity (Wildman–Crippen MR) is 140 cm³/mol. The molecule has 3 aliphatic rings. The molecule has 1 aromatic carbocycles. The van der Waals surface area contributed by atoms with Crippen molar-refractivity contribution in [3.8, 4) is 0 Å². The lowest BCUT2D eigenvalue weighted by Gasteiger charge is -2.34. The van der Waals surface area contributed by atoms with Gasteiger partial charge in [-0.05, 0) is 67.5 Å². The van der Waals surface area contributed by atoms with Gasteiger partial charge in [-0.15, -0.1) is 0 Å². The largest absolute Gasteiger partial charge is 0.372 e. The quantitative estimate of drug-likeness (QED) is 0.375. The lowest BCUT2D eigenvalue weighted by atomic mass is 9.72. The normalized spacial score (nSPS) is 25.6. The molecule has 3 heterocycles. The van der Waals surface area contributed by atoms with Crippen LogP contribution >= 0.6 is 11.6 Å². The molecule has 37 heavy (non-hydrogen) atoms. The van der Waals surface area contributed by atoms with Crippen LogP contribution in [0.25, 0.3) is 10.9 Å². The Morgan fingerprint density at radius 1 is 1.22 bits per heavy atom. The second kappa shape index (κ2) is 10.6. The molecular formula is C27H36ClN5O4. The van der Waals surface area contributed by atoms with Crippen LogP contribution in [0, 0.1) is 11.3 Å². The molecule has 2 unspecified atom stereocenters. The lowest BCUT2D eigenvalue weighted by molar-refractivity contribution is -0.135. The number of likely N-dealkylation sites (tertiary alicyclic amines) is 1. The van der Waals surface area contributed by atoms with Gasteiger partial charge < -0.3 is 26.5 Å². The van der Waals surface area contributed by atoms with Crippen molar-refractivity contribution in [3.63, 3.8) is 0 Å². The second-order valence-electron chi connectivity index (χ2n) is 11.1.